The van der Waals surface area contributed by atoms with Crippen molar-refractivity contribution in [3.63, 3.8) is 0 Å². The lowest BCUT2D eigenvalue weighted by atomic mass is 10.1. The van der Waals surface area contributed by atoms with Crippen LogP contribution >= 0.6 is 11.6 Å². The number of hydrogen-bond acceptors (Lipinski definition) is 6. The maximum atomic E-state index is 6.21. The maximum Gasteiger partial charge on any atom is 0.271 e. The Balaban J connectivity index is 1.50. The summed E-state index contributed by atoms with van der Waals surface area (Å²) < 4.78 is 11.2. The largest absolute Gasteiger partial charge is 0.474 e. The quantitative estimate of drug-likeness (QED) is 0.755. The van der Waals surface area contributed by atoms with E-state index in [-0.39, 0.29) is 6.10 Å². The molecule has 4 heterocycles. The van der Waals surface area contributed by atoms with E-state index in [0.29, 0.717) is 16.7 Å². The van der Waals surface area contributed by atoms with Gasteiger partial charge in [-0.2, -0.15) is 10.1 Å². The van der Waals surface area contributed by atoms with Crippen molar-refractivity contribution in [1.29, 1.82) is 0 Å². The smallest absolute Gasteiger partial charge is 0.271 e. The van der Waals surface area contributed by atoms with Gasteiger partial charge in [0.1, 0.15) is 5.76 Å². The highest BCUT2D eigenvalue weighted by atomic mass is 35.5. The fourth-order valence-electron chi connectivity index (χ4n) is 2.97. The molecule has 1 aromatic carbocycles. The average Bonchev–Trinajstić information content (AvgIpc) is 3.33. The van der Waals surface area contributed by atoms with Crippen LogP contribution in [-0.2, 0) is 4.74 Å². The summed E-state index contributed by atoms with van der Waals surface area (Å²) >= 11 is 6.21. The van der Waals surface area contributed by atoms with E-state index in [0.717, 1.165) is 27.9 Å². The molecule has 0 radical (unpaired) electrons. The summed E-state index contributed by atoms with van der Waals surface area (Å²) in [7, 11) is 0. The number of fused-ring (bicyclic) bond motifs is 2. The topological polar surface area (TPSA) is 80.1 Å². The van der Waals surface area contributed by atoms with E-state index in [1.165, 1.54) is 0 Å². The van der Waals surface area contributed by atoms with Crippen LogP contribution in [0.4, 0.5) is 5.69 Å². The molecule has 2 aliphatic rings. The Hall–Kier alpha value is -3.06. The average molecular weight is 354 g/mol. The van der Waals surface area contributed by atoms with Gasteiger partial charge in [-0.25, -0.2) is 0 Å². The van der Waals surface area contributed by atoms with Gasteiger partial charge in [0.25, 0.3) is 5.89 Å². The highest BCUT2D eigenvalue weighted by Crippen LogP contribution is 2.38. The summed E-state index contributed by atoms with van der Waals surface area (Å²) in [4.78, 5) is 6.21. The molecular weight excluding hydrogens is 342 g/mol. The predicted octanol–water partition coefficient (Wildman–Crippen LogP) is 3.78. The number of anilines is 1. The van der Waals surface area contributed by atoms with Crippen molar-refractivity contribution in [2.75, 3.05) is 4.90 Å². The number of rotatable bonds is 2. The summed E-state index contributed by atoms with van der Waals surface area (Å²) in [6.45, 7) is 1.78. The first-order valence-corrected chi connectivity index (χ1v) is 8.06. The minimum absolute atomic E-state index is 0.369. The normalized spacial score (nSPS) is 19.0. The van der Waals surface area contributed by atoms with Crippen LogP contribution < -0.4 is 4.90 Å². The molecule has 0 spiro atoms. The summed E-state index contributed by atoms with van der Waals surface area (Å²) in [5, 5.41) is 12.4. The van der Waals surface area contributed by atoms with Crippen LogP contribution in [0.25, 0.3) is 10.9 Å². The van der Waals surface area contributed by atoms with Crippen molar-refractivity contribution >= 4 is 28.2 Å². The Labute approximate surface area is 147 Å². The first-order chi connectivity index (χ1) is 12.2. The molecule has 8 heteroatoms. The zero-order valence-corrected chi connectivity index (χ0v) is 13.9. The zero-order valence-electron chi connectivity index (χ0n) is 13.1. The molecule has 0 amide bonds. The van der Waals surface area contributed by atoms with Gasteiger partial charge in [0.2, 0.25) is 0 Å². The molecule has 0 saturated carbocycles. The molecule has 1 unspecified atom stereocenters. The molecule has 7 nitrogen and oxygen atoms in total. The lowest BCUT2D eigenvalue weighted by molar-refractivity contribution is 0.145. The van der Waals surface area contributed by atoms with E-state index in [4.69, 9.17) is 20.9 Å². The van der Waals surface area contributed by atoms with Gasteiger partial charge >= 0.3 is 0 Å². The number of aromatic amines is 1. The third-order valence-electron chi connectivity index (χ3n) is 4.15. The Morgan fingerprint density at radius 3 is 3.08 bits per heavy atom. The standard InChI is InChI=1S/C17H12ClN5O2/c1-9-20-17(25-22-9)14-6-10-4-5-23(8-15(10)24-14)13-3-2-12(18)16-11(13)7-19-21-16/h2-8,14H,1H3,(H,19,21). The highest BCUT2D eigenvalue weighted by Gasteiger charge is 2.29. The maximum absolute atomic E-state index is 6.21. The minimum atomic E-state index is -0.369. The monoisotopic (exact) mass is 353 g/mol. The Kier molecular flexibility index (Phi) is 2.98. The lowest BCUT2D eigenvalue weighted by Crippen LogP contribution is -2.12. The van der Waals surface area contributed by atoms with Gasteiger partial charge in [0.15, 0.2) is 11.9 Å². The van der Waals surface area contributed by atoms with Gasteiger partial charge in [-0.15, -0.1) is 0 Å². The number of allylic oxidation sites excluding steroid dienone is 1. The molecule has 0 aliphatic carbocycles. The third kappa shape index (κ3) is 2.24. The molecule has 124 valence electrons. The van der Waals surface area contributed by atoms with Crippen molar-refractivity contribution in [2.24, 2.45) is 0 Å². The Bertz CT molecular complexity index is 1080. The van der Waals surface area contributed by atoms with E-state index in [2.05, 4.69) is 20.3 Å². The number of aromatic nitrogens is 4. The fourth-order valence-corrected chi connectivity index (χ4v) is 3.18. The Morgan fingerprint density at radius 2 is 2.24 bits per heavy atom. The van der Waals surface area contributed by atoms with Crippen LogP contribution in [-0.4, -0.2) is 20.3 Å². The van der Waals surface area contributed by atoms with Crippen molar-refractivity contribution in [3.05, 3.63) is 71.0 Å². The number of aryl methyl sites for hydroxylation is 1. The number of hydrogen-bond donors (Lipinski definition) is 1. The second-order valence-electron chi connectivity index (χ2n) is 5.78. The van der Waals surface area contributed by atoms with E-state index >= 15 is 0 Å². The molecule has 3 aromatic rings. The number of nitrogens with one attached hydrogen (secondary N) is 1. The second-order valence-corrected chi connectivity index (χ2v) is 6.19. The molecule has 2 aliphatic heterocycles. The predicted molar refractivity (Wildman–Crippen MR) is 91.7 cm³/mol. The van der Waals surface area contributed by atoms with Crippen molar-refractivity contribution in [2.45, 2.75) is 13.0 Å². The Morgan fingerprint density at radius 1 is 1.32 bits per heavy atom. The summed E-state index contributed by atoms with van der Waals surface area (Å²) in [6.07, 6.45) is 9.22. The number of halogens is 1. The summed E-state index contributed by atoms with van der Waals surface area (Å²) in [5.74, 6) is 1.78. The van der Waals surface area contributed by atoms with Crippen LogP contribution in [0.2, 0.25) is 5.02 Å². The van der Waals surface area contributed by atoms with Gasteiger partial charge in [0, 0.05) is 17.2 Å². The van der Waals surface area contributed by atoms with Crippen LogP contribution in [0.1, 0.15) is 17.8 Å². The van der Waals surface area contributed by atoms with Gasteiger partial charge in [-0.1, -0.05) is 16.8 Å². The summed E-state index contributed by atoms with van der Waals surface area (Å²) in [5.41, 5.74) is 2.74. The zero-order chi connectivity index (χ0) is 17.0. The van der Waals surface area contributed by atoms with E-state index in [1.54, 1.807) is 13.1 Å². The van der Waals surface area contributed by atoms with Crippen molar-refractivity contribution in [1.82, 2.24) is 20.3 Å². The van der Waals surface area contributed by atoms with Gasteiger partial charge in [0.05, 0.1) is 28.6 Å². The molecule has 0 fully saturated rings. The second kappa shape index (κ2) is 5.22. The number of benzene rings is 1. The molecule has 0 bridgehead atoms. The van der Waals surface area contributed by atoms with Crippen LogP contribution in [0.15, 0.2) is 58.7 Å². The first-order valence-electron chi connectivity index (χ1n) is 7.68. The van der Waals surface area contributed by atoms with Crippen LogP contribution in [0.3, 0.4) is 0 Å². The van der Waals surface area contributed by atoms with Crippen LogP contribution in [0.5, 0.6) is 0 Å². The van der Waals surface area contributed by atoms with Crippen molar-refractivity contribution in [3.8, 4) is 0 Å². The van der Waals surface area contributed by atoms with Crippen molar-refractivity contribution < 1.29 is 9.26 Å². The molecule has 1 atom stereocenters. The number of nitrogens with zero attached hydrogens (tertiary/aromatic N) is 4. The SMILES string of the molecule is Cc1noc(C2C=C3C=CN(c4ccc(Cl)c5[nH]ncc45)C=C3O2)n1. The van der Waals surface area contributed by atoms with Gasteiger partial charge in [-0.3, -0.25) is 5.10 Å². The van der Waals surface area contributed by atoms with Gasteiger partial charge < -0.3 is 14.2 Å². The molecule has 5 rings (SSSR count). The van der Waals surface area contributed by atoms with E-state index in [9.17, 15) is 0 Å². The number of ether oxygens (including phenoxy) is 1. The minimum Gasteiger partial charge on any atom is -0.474 e. The summed E-state index contributed by atoms with van der Waals surface area (Å²) in [6, 6.07) is 3.79. The third-order valence-corrected chi connectivity index (χ3v) is 4.46. The van der Waals surface area contributed by atoms with Crippen LogP contribution in [0, 0.1) is 6.92 Å². The lowest BCUT2D eigenvalue weighted by Gasteiger charge is -2.21. The highest BCUT2D eigenvalue weighted by molar-refractivity contribution is 6.35. The molecule has 2 aromatic heterocycles. The first kappa shape index (κ1) is 14.3. The molecular formula is C17H12ClN5O2. The fraction of sp³-hybridized carbons (Fsp3) is 0.118. The molecule has 25 heavy (non-hydrogen) atoms. The molecule has 0 saturated heterocycles. The van der Waals surface area contributed by atoms with Gasteiger partial charge in [-0.05, 0) is 31.2 Å². The van der Waals surface area contributed by atoms with E-state index in [1.807, 2.05) is 41.6 Å². The molecule has 1 N–H and O–H groups in total. The van der Waals surface area contributed by atoms with E-state index < -0.39 is 0 Å². The number of H-pyrrole nitrogens is 1.